The van der Waals surface area contributed by atoms with Gasteiger partial charge in [0.1, 0.15) is 6.10 Å². The second-order valence-corrected chi connectivity index (χ2v) is 5.05. The van der Waals surface area contributed by atoms with Crippen molar-refractivity contribution in [3.8, 4) is 0 Å². The highest BCUT2D eigenvalue weighted by molar-refractivity contribution is 5.94. The zero-order valence-electron chi connectivity index (χ0n) is 11.6. The van der Waals surface area contributed by atoms with Gasteiger partial charge in [-0.2, -0.15) is 5.21 Å². The lowest BCUT2D eigenvalue weighted by Crippen LogP contribution is -2.33. The summed E-state index contributed by atoms with van der Waals surface area (Å²) >= 11 is 0. The average molecular weight is 287 g/mol. The molecule has 0 radical (unpaired) electrons. The van der Waals surface area contributed by atoms with E-state index in [2.05, 4.69) is 25.9 Å². The summed E-state index contributed by atoms with van der Waals surface area (Å²) in [6, 6.07) is 7.63. The standard InChI is InChI=1S/C14H17N5O2/c20-14(12-6-1-2-7-21-12)15-11-5-3-4-10(8-11)9-13-16-18-19-17-13/h3-5,8,12H,1-2,6-7,9H2,(H,15,20)(H,16,17,18,19). The Morgan fingerprint density at radius 2 is 2.38 bits per heavy atom. The summed E-state index contributed by atoms with van der Waals surface area (Å²) in [5.41, 5.74) is 1.77. The summed E-state index contributed by atoms with van der Waals surface area (Å²) in [6.07, 6.45) is 3.09. The molecular formula is C14H17N5O2. The molecule has 2 N–H and O–H groups in total. The van der Waals surface area contributed by atoms with Gasteiger partial charge in [0.15, 0.2) is 5.82 Å². The lowest BCUT2D eigenvalue weighted by atomic mass is 10.1. The van der Waals surface area contributed by atoms with Crippen molar-refractivity contribution >= 4 is 11.6 Å². The lowest BCUT2D eigenvalue weighted by molar-refractivity contribution is -0.129. The van der Waals surface area contributed by atoms with E-state index in [9.17, 15) is 4.79 Å². The minimum atomic E-state index is -0.334. The van der Waals surface area contributed by atoms with Crippen LogP contribution in [0.3, 0.4) is 0 Å². The molecule has 1 aromatic carbocycles. The maximum absolute atomic E-state index is 12.1. The number of hydrogen-bond donors (Lipinski definition) is 2. The summed E-state index contributed by atoms with van der Waals surface area (Å²) in [6.45, 7) is 0.663. The molecule has 2 heterocycles. The fourth-order valence-corrected chi connectivity index (χ4v) is 2.37. The predicted octanol–water partition coefficient (Wildman–Crippen LogP) is 1.30. The maximum Gasteiger partial charge on any atom is 0.253 e. The molecule has 3 rings (SSSR count). The van der Waals surface area contributed by atoms with Crippen molar-refractivity contribution in [1.29, 1.82) is 0 Å². The van der Waals surface area contributed by atoms with E-state index < -0.39 is 0 Å². The second kappa shape index (κ2) is 6.45. The number of carbonyl (C=O) groups excluding carboxylic acids is 1. The fraction of sp³-hybridized carbons (Fsp3) is 0.429. The summed E-state index contributed by atoms with van der Waals surface area (Å²) < 4.78 is 5.48. The maximum atomic E-state index is 12.1. The molecule has 1 fully saturated rings. The molecule has 1 aliphatic rings. The number of anilines is 1. The molecule has 1 aromatic heterocycles. The third kappa shape index (κ3) is 3.63. The van der Waals surface area contributed by atoms with E-state index in [4.69, 9.17) is 4.74 Å². The van der Waals surface area contributed by atoms with Gasteiger partial charge in [-0.15, -0.1) is 10.2 Å². The van der Waals surface area contributed by atoms with Crippen molar-refractivity contribution in [3.63, 3.8) is 0 Å². The number of benzene rings is 1. The first-order chi connectivity index (χ1) is 10.3. The van der Waals surface area contributed by atoms with Crippen molar-refractivity contribution in [1.82, 2.24) is 20.6 Å². The lowest BCUT2D eigenvalue weighted by Gasteiger charge is -2.21. The van der Waals surface area contributed by atoms with Crippen LogP contribution in [0.25, 0.3) is 0 Å². The van der Waals surface area contributed by atoms with Gasteiger partial charge in [0, 0.05) is 18.7 Å². The minimum absolute atomic E-state index is 0.0774. The van der Waals surface area contributed by atoms with Crippen LogP contribution in [0.2, 0.25) is 0 Å². The van der Waals surface area contributed by atoms with Gasteiger partial charge in [0.25, 0.3) is 5.91 Å². The molecule has 7 nitrogen and oxygen atoms in total. The first-order valence-corrected chi connectivity index (χ1v) is 7.05. The highest BCUT2D eigenvalue weighted by atomic mass is 16.5. The number of tetrazole rings is 1. The van der Waals surface area contributed by atoms with Crippen molar-refractivity contribution in [2.75, 3.05) is 11.9 Å². The Kier molecular flexibility index (Phi) is 4.20. The van der Waals surface area contributed by atoms with Gasteiger partial charge in [-0.3, -0.25) is 4.79 Å². The van der Waals surface area contributed by atoms with Crippen LogP contribution in [0.1, 0.15) is 30.7 Å². The van der Waals surface area contributed by atoms with Crippen molar-refractivity contribution in [2.45, 2.75) is 31.8 Å². The number of H-pyrrole nitrogens is 1. The molecule has 0 saturated carbocycles. The Bertz CT molecular complexity index is 593. The van der Waals surface area contributed by atoms with Crippen LogP contribution < -0.4 is 5.32 Å². The molecule has 0 aliphatic carbocycles. The Balaban J connectivity index is 1.63. The van der Waals surface area contributed by atoms with E-state index in [1.807, 2.05) is 24.3 Å². The van der Waals surface area contributed by atoms with Crippen molar-refractivity contribution in [2.24, 2.45) is 0 Å². The Morgan fingerprint density at radius 3 is 3.14 bits per heavy atom. The fourth-order valence-electron chi connectivity index (χ4n) is 2.37. The first kappa shape index (κ1) is 13.7. The second-order valence-electron chi connectivity index (χ2n) is 5.05. The number of ether oxygens (including phenoxy) is 1. The van der Waals surface area contributed by atoms with Gasteiger partial charge in [0.05, 0.1) is 0 Å². The molecular weight excluding hydrogens is 270 g/mol. The van der Waals surface area contributed by atoms with Gasteiger partial charge in [-0.05, 0) is 37.0 Å². The van der Waals surface area contributed by atoms with Crippen molar-refractivity contribution < 1.29 is 9.53 Å². The van der Waals surface area contributed by atoms with Crippen molar-refractivity contribution in [3.05, 3.63) is 35.7 Å². The van der Waals surface area contributed by atoms with Gasteiger partial charge in [-0.25, -0.2) is 0 Å². The molecule has 0 bridgehead atoms. The number of aromatic nitrogens is 4. The zero-order valence-corrected chi connectivity index (χ0v) is 11.6. The molecule has 1 saturated heterocycles. The van der Waals surface area contributed by atoms with Gasteiger partial charge >= 0.3 is 0 Å². The Morgan fingerprint density at radius 1 is 1.43 bits per heavy atom. The number of hydrogen-bond acceptors (Lipinski definition) is 5. The van der Waals surface area contributed by atoms with E-state index in [0.29, 0.717) is 18.9 Å². The van der Waals surface area contributed by atoms with Crippen LogP contribution >= 0.6 is 0 Å². The van der Waals surface area contributed by atoms with Crippen LogP contribution in [0.5, 0.6) is 0 Å². The van der Waals surface area contributed by atoms with E-state index in [1.165, 1.54) is 0 Å². The zero-order chi connectivity index (χ0) is 14.5. The summed E-state index contributed by atoms with van der Waals surface area (Å²) in [4.78, 5) is 12.1. The van der Waals surface area contributed by atoms with E-state index in [-0.39, 0.29) is 12.0 Å². The van der Waals surface area contributed by atoms with E-state index >= 15 is 0 Å². The molecule has 1 unspecified atom stereocenters. The van der Waals surface area contributed by atoms with Gasteiger partial charge in [-0.1, -0.05) is 17.3 Å². The number of amides is 1. The largest absolute Gasteiger partial charge is 0.368 e. The van der Waals surface area contributed by atoms with E-state index in [0.717, 1.165) is 30.5 Å². The topological polar surface area (TPSA) is 92.8 Å². The molecule has 1 atom stereocenters. The molecule has 21 heavy (non-hydrogen) atoms. The predicted molar refractivity (Wildman–Crippen MR) is 75.6 cm³/mol. The molecule has 2 aromatic rings. The van der Waals surface area contributed by atoms with Crippen LogP contribution in [0, 0.1) is 0 Å². The van der Waals surface area contributed by atoms with Crippen LogP contribution in [0.15, 0.2) is 24.3 Å². The molecule has 7 heteroatoms. The number of nitrogens with one attached hydrogen (secondary N) is 2. The monoisotopic (exact) mass is 287 g/mol. The first-order valence-electron chi connectivity index (χ1n) is 7.05. The summed E-state index contributed by atoms with van der Waals surface area (Å²) in [7, 11) is 0. The number of nitrogens with zero attached hydrogens (tertiary/aromatic N) is 3. The average Bonchev–Trinajstić information content (AvgIpc) is 3.01. The summed E-state index contributed by atoms with van der Waals surface area (Å²) in [5, 5.41) is 16.7. The number of carbonyl (C=O) groups is 1. The third-order valence-electron chi connectivity index (χ3n) is 3.42. The molecule has 1 aliphatic heterocycles. The van der Waals surface area contributed by atoms with Crippen LogP contribution in [0.4, 0.5) is 5.69 Å². The third-order valence-corrected chi connectivity index (χ3v) is 3.42. The minimum Gasteiger partial charge on any atom is -0.368 e. The summed E-state index contributed by atoms with van der Waals surface area (Å²) in [5.74, 6) is 0.542. The highest BCUT2D eigenvalue weighted by Gasteiger charge is 2.21. The number of aromatic amines is 1. The van der Waals surface area contributed by atoms with Crippen LogP contribution in [-0.2, 0) is 16.0 Å². The number of rotatable bonds is 4. The molecule has 0 spiro atoms. The quantitative estimate of drug-likeness (QED) is 0.884. The highest BCUT2D eigenvalue weighted by Crippen LogP contribution is 2.17. The SMILES string of the molecule is O=C(Nc1cccc(Cc2nn[nH]n2)c1)C1CCCCO1. The molecule has 1 amide bonds. The van der Waals surface area contributed by atoms with Gasteiger partial charge in [0.2, 0.25) is 0 Å². The van der Waals surface area contributed by atoms with Crippen LogP contribution in [-0.4, -0.2) is 39.2 Å². The smallest absolute Gasteiger partial charge is 0.253 e. The normalized spacial score (nSPS) is 18.4. The van der Waals surface area contributed by atoms with Gasteiger partial charge < -0.3 is 10.1 Å². The Labute approximate surface area is 122 Å². The molecule has 110 valence electrons. The Hall–Kier alpha value is -2.28. The van der Waals surface area contributed by atoms with E-state index in [1.54, 1.807) is 0 Å².